The summed E-state index contributed by atoms with van der Waals surface area (Å²) in [5.74, 6) is 0.0670. The Morgan fingerprint density at radius 1 is 0.763 bits per heavy atom. The zero-order chi connectivity index (χ0) is 43.6. The molecule has 0 spiro atoms. The van der Waals surface area contributed by atoms with Crippen molar-refractivity contribution in [3.8, 4) is 11.5 Å². The molecule has 1 fully saturated rings. The summed E-state index contributed by atoms with van der Waals surface area (Å²) in [5, 5.41) is 7.73. The van der Waals surface area contributed by atoms with E-state index < -0.39 is 51.1 Å². The van der Waals surface area contributed by atoms with Crippen LogP contribution in [0, 0.1) is 0 Å². The van der Waals surface area contributed by atoms with Crippen molar-refractivity contribution in [2.24, 2.45) is 0 Å². The molecule has 1 aliphatic rings. The van der Waals surface area contributed by atoms with Crippen LogP contribution in [0.4, 0.5) is 34.3 Å². The lowest BCUT2D eigenvalue weighted by atomic mass is 10.1. The van der Waals surface area contributed by atoms with Gasteiger partial charge >= 0.3 is 18.4 Å². The van der Waals surface area contributed by atoms with E-state index in [9.17, 15) is 36.0 Å². The van der Waals surface area contributed by atoms with Crippen molar-refractivity contribution < 1.29 is 54.9 Å². The fourth-order valence-corrected chi connectivity index (χ4v) is 7.05. The molecule has 3 amide bonds. The molecule has 3 N–H and O–H groups in total. The van der Waals surface area contributed by atoms with Crippen LogP contribution in [-0.2, 0) is 25.7 Å². The van der Waals surface area contributed by atoms with Gasteiger partial charge in [-0.25, -0.2) is 23.0 Å². The molecule has 1 aliphatic heterocycles. The molecular weight excluding hydrogens is 821 g/mol. The van der Waals surface area contributed by atoms with Crippen molar-refractivity contribution in [3.05, 3.63) is 70.9 Å². The van der Waals surface area contributed by atoms with E-state index in [0.717, 1.165) is 12.1 Å². The average molecular weight is 871 g/mol. The van der Waals surface area contributed by atoms with Crippen LogP contribution in [0.2, 0.25) is 5.15 Å². The molecule has 0 saturated carbocycles. The van der Waals surface area contributed by atoms with Crippen molar-refractivity contribution in [1.82, 2.24) is 19.9 Å². The Hall–Kier alpha value is -5.01. The minimum absolute atomic E-state index is 0.0000929. The standard InChI is InChI=1S/C39H50ClF3N6O9S/c1-37(2,3)57-35(51)44-15-7-21-55-30-14-9-26(23-31(30)56-22-8-16-45-36(52)58-38(4,5)6)34(50)46-28-10-12-29(13-11-28)59(53,54)49-19-17-48(18-20-49)33-25-27(39(41,42)43)24-32(40)47-33/h9-14,23-25H,7-8,15-22H2,1-6H3,(H,44,51)(H,45,52)(H,46,50). The highest BCUT2D eigenvalue weighted by atomic mass is 35.5. The summed E-state index contributed by atoms with van der Waals surface area (Å²) in [5.41, 5.74) is -1.72. The fraction of sp³-hybridized carbons (Fsp3) is 0.487. The maximum Gasteiger partial charge on any atom is 0.416 e. The molecule has 4 rings (SSSR count). The molecule has 0 bridgehead atoms. The van der Waals surface area contributed by atoms with Crippen molar-refractivity contribution in [3.63, 3.8) is 0 Å². The summed E-state index contributed by atoms with van der Waals surface area (Å²) in [7, 11) is -3.98. The zero-order valence-corrected chi connectivity index (χ0v) is 35.3. The molecule has 2 aromatic carbocycles. The largest absolute Gasteiger partial charge is 0.490 e. The predicted octanol–water partition coefficient (Wildman–Crippen LogP) is 7.10. The molecule has 0 aliphatic carbocycles. The summed E-state index contributed by atoms with van der Waals surface area (Å²) >= 11 is 5.84. The molecule has 0 radical (unpaired) electrons. The highest BCUT2D eigenvalue weighted by molar-refractivity contribution is 7.89. The maximum absolute atomic E-state index is 13.5. The van der Waals surface area contributed by atoms with E-state index in [0.29, 0.717) is 24.3 Å². The lowest BCUT2D eigenvalue weighted by Gasteiger charge is -2.35. The minimum atomic E-state index is -4.62. The van der Waals surface area contributed by atoms with Gasteiger partial charge in [-0.2, -0.15) is 17.5 Å². The topological polar surface area (TPSA) is 178 Å². The quantitative estimate of drug-likeness (QED) is 0.105. The van der Waals surface area contributed by atoms with E-state index in [1.54, 1.807) is 47.6 Å². The summed E-state index contributed by atoms with van der Waals surface area (Å²) in [4.78, 5) is 42.8. The van der Waals surface area contributed by atoms with Crippen LogP contribution >= 0.6 is 11.6 Å². The van der Waals surface area contributed by atoms with Gasteiger partial charge in [-0.3, -0.25) is 4.79 Å². The number of nitrogens with zero attached hydrogens (tertiary/aromatic N) is 3. The molecule has 1 saturated heterocycles. The van der Waals surface area contributed by atoms with Gasteiger partial charge < -0.3 is 39.8 Å². The Morgan fingerprint density at radius 3 is 1.83 bits per heavy atom. The lowest BCUT2D eigenvalue weighted by Crippen LogP contribution is -2.49. The Kier molecular flexibility index (Phi) is 15.7. The first-order valence-electron chi connectivity index (χ1n) is 18.7. The van der Waals surface area contributed by atoms with E-state index in [-0.39, 0.29) is 79.7 Å². The first-order valence-corrected chi connectivity index (χ1v) is 20.6. The second-order valence-electron chi connectivity index (χ2n) is 15.3. The predicted molar refractivity (Wildman–Crippen MR) is 215 cm³/mol. The molecule has 324 valence electrons. The van der Waals surface area contributed by atoms with Gasteiger partial charge in [-0.1, -0.05) is 11.6 Å². The fourth-order valence-electron chi connectivity index (χ4n) is 5.43. The third-order valence-corrected chi connectivity index (χ3v) is 10.2. The number of carbonyl (C=O) groups excluding carboxylic acids is 3. The van der Waals surface area contributed by atoms with Gasteiger partial charge in [0.25, 0.3) is 5.91 Å². The molecule has 20 heteroatoms. The number of aromatic nitrogens is 1. The number of sulfonamides is 1. The normalized spacial score (nSPS) is 14.0. The number of alkyl carbamates (subject to hydrolysis) is 2. The summed E-state index contributed by atoms with van der Waals surface area (Å²) < 4.78 is 90.4. The van der Waals surface area contributed by atoms with Gasteiger partial charge in [0.15, 0.2) is 11.5 Å². The SMILES string of the molecule is CC(C)(C)OC(=O)NCCCOc1ccc(C(=O)Nc2ccc(S(=O)(=O)N3CCN(c4cc(C(F)(F)F)cc(Cl)n4)CC3)cc2)cc1OCCCNC(=O)OC(C)(C)C. The highest BCUT2D eigenvalue weighted by Gasteiger charge is 2.34. The van der Waals surface area contributed by atoms with Crippen LogP contribution in [0.1, 0.15) is 70.3 Å². The number of alkyl halides is 3. The molecule has 0 atom stereocenters. The van der Waals surface area contributed by atoms with Crippen molar-refractivity contribution in [1.29, 1.82) is 0 Å². The number of hydrogen-bond donors (Lipinski definition) is 3. The van der Waals surface area contributed by atoms with Crippen molar-refractivity contribution in [2.75, 3.05) is 62.7 Å². The smallest absolute Gasteiger partial charge is 0.416 e. The number of pyridine rings is 1. The van der Waals surface area contributed by atoms with E-state index in [2.05, 4.69) is 20.9 Å². The Morgan fingerprint density at radius 2 is 1.31 bits per heavy atom. The lowest BCUT2D eigenvalue weighted by molar-refractivity contribution is -0.137. The Labute approximate surface area is 346 Å². The summed E-state index contributed by atoms with van der Waals surface area (Å²) in [6, 6.07) is 11.8. The van der Waals surface area contributed by atoms with Gasteiger partial charge in [-0.15, -0.1) is 0 Å². The van der Waals surface area contributed by atoms with E-state index in [4.69, 9.17) is 30.5 Å². The number of piperazine rings is 1. The van der Waals surface area contributed by atoms with Crippen LogP contribution in [0.5, 0.6) is 11.5 Å². The molecule has 15 nitrogen and oxygen atoms in total. The number of ether oxygens (including phenoxy) is 4. The van der Waals surface area contributed by atoms with Crippen molar-refractivity contribution >= 4 is 51.2 Å². The monoisotopic (exact) mass is 870 g/mol. The Bertz CT molecular complexity index is 2030. The first-order chi connectivity index (χ1) is 27.5. The van der Waals surface area contributed by atoms with Crippen molar-refractivity contribution in [2.45, 2.75) is 76.7 Å². The molecule has 1 aromatic heterocycles. The second kappa shape index (κ2) is 19.8. The summed E-state index contributed by atoms with van der Waals surface area (Å²) in [6.45, 7) is 11.6. The average Bonchev–Trinajstić information content (AvgIpc) is 3.13. The van der Waals surface area contributed by atoms with Crippen LogP contribution < -0.4 is 30.3 Å². The second-order valence-corrected chi connectivity index (χ2v) is 17.7. The third-order valence-electron chi connectivity index (χ3n) is 8.12. The van der Waals surface area contributed by atoms with Gasteiger partial charge in [0, 0.05) is 50.5 Å². The number of halogens is 4. The number of anilines is 2. The van der Waals surface area contributed by atoms with E-state index in [1.807, 2.05) is 0 Å². The first kappa shape index (κ1) is 46.7. The molecule has 2 heterocycles. The van der Waals surface area contributed by atoms with Gasteiger partial charge in [-0.05, 0) is 109 Å². The van der Waals surface area contributed by atoms with Gasteiger partial charge in [0.2, 0.25) is 10.0 Å². The summed E-state index contributed by atoms with van der Waals surface area (Å²) in [6.07, 6.45) is -4.89. The molecule has 0 unspecified atom stereocenters. The highest BCUT2D eigenvalue weighted by Crippen LogP contribution is 2.34. The minimum Gasteiger partial charge on any atom is -0.490 e. The Balaban J connectivity index is 1.36. The number of carbonyl (C=O) groups is 3. The third kappa shape index (κ3) is 15.0. The van der Waals surface area contributed by atoms with Gasteiger partial charge in [0.1, 0.15) is 22.2 Å². The number of nitrogens with one attached hydrogen (secondary N) is 3. The number of amides is 3. The van der Waals surface area contributed by atoms with Gasteiger partial charge in [0.05, 0.1) is 23.7 Å². The van der Waals surface area contributed by atoms with E-state index >= 15 is 0 Å². The molecule has 3 aromatic rings. The number of rotatable bonds is 15. The van der Waals surface area contributed by atoms with Crippen LogP contribution in [-0.4, -0.2) is 99.5 Å². The number of benzene rings is 2. The zero-order valence-electron chi connectivity index (χ0n) is 33.7. The van der Waals surface area contributed by atoms with Crippen LogP contribution in [0.3, 0.4) is 0 Å². The molecule has 59 heavy (non-hydrogen) atoms. The molecular formula is C39H50ClF3N6O9S. The van der Waals surface area contributed by atoms with Crippen LogP contribution in [0.15, 0.2) is 59.5 Å². The maximum atomic E-state index is 13.5. The van der Waals surface area contributed by atoms with E-state index in [1.165, 1.54) is 45.6 Å². The number of hydrogen-bond acceptors (Lipinski definition) is 11. The van der Waals surface area contributed by atoms with Crippen LogP contribution in [0.25, 0.3) is 0 Å².